The van der Waals surface area contributed by atoms with Gasteiger partial charge in [0.2, 0.25) is 11.8 Å². The Balaban J connectivity index is 2.10. The molecule has 0 fully saturated rings. The number of aromatic nitrogens is 5. The molecule has 0 spiro atoms. The van der Waals surface area contributed by atoms with Gasteiger partial charge in [-0.1, -0.05) is 0 Å². The van der Waals surface area contributed by atoms with Crippen LogP contribution >= 0.6 is 0 Å². The van der Waals surface area contributed by atoms with Crippen LogP contribution in [0.3, 0.4) is 0 Å². The minimum atomic E-state index is 0.434. The third kappa shape index (κ3) is 1.87. The molecule has 0 amide bonds. The number of nitrogens with zero attached hydrogens (tertiary/aromatic N) is 5. The zero-order valence-corrected chi connectivity index (χ0v) is 11.7. The topological polar surface area (TPSA) is 83.8 Å². The molecule has 0 aliphatic heterocycles. The molecule has 7 heteroatoms. The largest absolute Gasteiger partial charge is 0.481 e. The number of ether oxygens (including phenoxy) is 1. The number of hydrogen-bond donors (Lipinski definition) is 1. The van der Waals surface area contributed by atoms with Crippen LogP contribution in [0.5, 0.6) is 5.88 Å². The lowest BCUT2D eigenvalue weighted by Gasteiger charge is -2.06. The number of anilines is 1. The summed E-state index contributed by atoms with van der Waals surface area (Å²) in [5, 5.41) is 4.24. The van der Waals surface area contributed by atoms with E-state index in [9.17, 15) is 0 Å². The van der Waals surface area contributed by atoms with Gasteiger partial charge in [-0.05, 0) is 13.0 Å². The maximum atomic E-state index is 5.99. The standard InChI is InChI=1S/C13H16N6O/c1-8-9(6-15-18(8)2)7-19-12-10(16-13(19)14)4-5-11(17-12)20-3/h4-6H,7H2,1-3H3,(H2,14,16). The van der Waals surface area contributed by atoms with Gasteiger partial charge in [-0.2, -0.15) is 10.1 Å². The molecule has 104 valence electrons. The van der Waals surface area contributed by atoms with E-state index in [1.165, 1.54) is 0 Å². The summed E-state index contributed by atoms with van der Waals surface area (Å²) in [7, 11) is 3.50. The van der Waals surface area contributed by atoms with Gasteiger partial charge in [-0.25, -0.2) is 4.98 Å². The quantitative estimate of drug-likeness (QED) is 0.772. The summed E-state index contributed by atoms with van der Waals surface area (Å²) in [6.45, 7) is 2.60. The van der Waals surface area contributed by atoms with Crippen LogP contribution in [0.1, 0.15) is 11.3 Å². The van der Waals surface area contributed by atoms with E-state index < -0.39 is 0 Å². The van der Waals surface area contributed by atoms with Crippen molar-refractivity contribution < 1.29 is 4.74 Å². The Morgan fingerprint density at radius 2 is 2.10 bits per heavy atom. The third-order valence-electron chi connectivity index (χ3n) is 3.47. The van der Waals surface area contributed by atoms with Gasteiger partial charge in [-0.15, -0.1) is 0 Å². The molecule has 0 bridgehead atoms. The highest BCUT2D eigenvalue weighted by Crippen LogP contribution is 2.21. The normalized spacial score (nSPS) is 11.2. The number of methoxy groups -OCH3 is 1. The number of nitrogens with two attached hydrogens (primary N) is 1. The van der Waals surface area contributed by atoms with E-state index in [-0.39, 0.29) is 0 Å². The maximum Gasteiger partial charge on any atom is 0.215 e. The van der Waals surface area contributed by atoms with Gasteiger partial charge >= 0.3 is 0 Å². The van der Waals surface area contributed by atoms with Crippen molar-refractivity contribution >= 4 is 17.1 Å². The van der Waals surface area contributed by atoms with Crippen molar-refractivity contribution in [2.75, 3.05) is 12.8 Å². The number of imidazole rings is 1. The number of pyridine rings is 1. The Morgan fingerprint density at radius 1 is 1.30 bits per heavy atom. The number of hydrogen-bond acceptors (Lipinski definition) is 5. The van der Waals surface area contributed by atoms with Crippen LogP contribution in [0.15, 0.2) is 18.3 Å². The Morgan fingerprint density at radius 3 is 2.75 bits per heavy atom. The molecular formula is C13H16N6O. The number of aryl methyl sites for hydroxylation is 1. The summed E-state index contributed by atoms with van der Waals surface area (Å²) in [5.41, 5.74) is 9.64. The molecule has 20 heavy (non-hydrogen) atoms. The van der Waals surface area contributed by atoms with Crippen molar-refractivity contribution in [1.29, 1.82) is 0 Å². The highest BCUT2D eigenvalue weighted by molar-refractivity contribution is 5.75. The molecule has 3 heterocycles. The van der Waals surface area contributed by atoms with Crippen LogP contribution in [0.4, 0.5) is 5.95 Å². The second kappa shape index (κ2) is 4.52. The SMILES string of the molecule is COc1ccc2nc(N)n(Cc3cnn(C)c3C)c2n1. The molecule has 0 unspecified atom stereocenters. The van der Waals surface area contributed by atoms with Crippen molar-refractivity contribution in [3.05, 3.63) is 29.6 Å². The van der Waals surface area contributed by atoms with E-state index in [4.69, 9.17) is 10.5 Å². The fraction of sp³-hybridized carbons (Fsp3) is 0.308. The van der Waals surface area contributed by atoms with E-state index in [0.717, 1.165) is 16.8 Å². The van der Waals surface area contributed by atoms with Gasteiger partial charge in [0.15, 0.2) is 5.65 Å². The average molecular weight is 272 g/mol. The van der Waals surface area contributed by atoms with Crippen molar-refractivity contribution in [3.8, 4) is 5.88 Å². The minimum Gasteiger partial charge on any atom is -0.481 e. The fourth-order valence-electron chi connectivity index (χ4n) is 2.14. The second-order valence-electron chi connectivity index (χ2n) is 4.63. The predicted octanol–water partition coefficient (Wildman–Crippen LogP) is 1.11. The first-order valence-corrected chi connectivity index (χ1v) is 6.24. The molecule has 0 aliphatic carbocycles. The molecule has 0 aromatic carbocycles. The number of nitrogen functional groups attached to an aromatic ring is 1. The Labute approximate surface area is 116 Å². The lowest BCUT2D eigenvalue weighted by atomic mass is 10.2. The van der Waals surface area contributed by atoms with Gasteiger partial charge in [0.05, 0.1) is 19.9 Å². The van der Waals surface area contributed by atoms with Crippen LogP contribution < -0.4 is 10.5 Å². The molecule has 0 saturated heterocycles. The van der Waals surface area contributed by atoms with E-state index in [0.29, 0.717) is 24.0 Å². The van der Waals surface area contributed by atoms with E-state index in [2.05, 4.69) is 15.1 Å². The molecule has 3 aromatic rings. The van der Waals surface area contributed by atoms with Crippen LogP contribution in [0.2, 0.25) is 0 Å². The van der Waals surface area contributed by atoms with Gasteiger partial charge in [0.25, 0.3) is 0 Å². The molecule has 0 radical (unpaired) electrons. The zero-order chi connectivity index (χ0) is 14.3. The lowest BCUT2D eigenvalue weighted by Crippen LogP contribution is -2.06. The van der Waals surface area contributed by atoms with Gasteiger partial charge in [0, 0.05) is 24.4 Å². The summed E-state index contributed by atoms with van der Waals surface area (Å²) in [5.74, 6) is 0.977. The Kier molecular flexibility index (Phi) is 2.81. The molecule has 2 N–H and O–H groups in total. The van der Waals surface area contributed by atoms with Gasteiger partial charge in [0.1, 0.15) is 5.52 Å². The molecule has 0 saturated carbocycles. The van der Waals surface area contributed by atoms with E-state index in [1.807, 2.05) is 35.5 Å². The fourth-order valence-corrected chi connectivity index (χ4v) is 2.14. The summed E-state index contributed by atoms with van der Waals surface area (Å²) in [4.78, 5) is 8.73. The Hall–Kier alpha value is -2.57. The Bertz CT molecular complexity index is 773. The van der Waals surface area contributed by atoms with Crippen LogP contribution in [0, 0.1) is 6.92 Å². The molecule has 7 nitrogen and oxygen atoms in total. The summed E-state index contributed by atoms with van der Waals surface area (Å²) < 4.78 is 8.85. The average Bonchev–Trinajstić information content (AvgIpc) is 2.93. The highest BCUT2D eigenvalue weighted by atomic mass is 16.5. The summed E-state index contributed by atoms with van der Waals surface area (Å²) in [6, 6.07) is 3.62. The van der Waals surface area contributed by atoms with Crippen LogP contribution in [0.25, 0.3) is 11.2 Å². The molecule has 3 rings (SSSR count). The van der Waals surface area contributed by atoms with Crippen LogP contribution in [-0.4, -0.2) is 31.4 Å². The first-order valence-electron chi connectivity index (χ1n) is 6.24. The highest BCUT2D eigenvalue weighted by Gasteiger charge is 2.13. The molecular weight excluding hydrogens is 256 g/mol. The summed E-state index contributed by atoms with van der Waals surface area (Å²) in [6.07, 6.45) is 1.83. The molecule has 3 aromatic heterocycles. The maximum absolute atomic E-state index is 5.99. The van der Waals surface area contributed by atoms with Crippen molar-refractivity contribution in [3.63, 3.8) is 0 Å². The summed E-state index contributed by atoms with van der Waals surface area (Å²) >= 11 is 0. The zero-order valence-electron chi connectivity index (χ0n) is 11.7. The van der Waals surface area contributed by atoms with Crippen molar-refractivity contribution in [1.82, 2.24) is 24.3 Å². The number of fused-ring (bicyclic) bond motifs is 1. The van der Waals surface area contributed by atoms with Gasteiger partial charge in [-0.3, -0.25) is 9.25 Å². The monoisotopic (exact) mass is 272 g/mol. The van der Waals surface area contributed by atoms with Gasteiger partial charge < -0.3 is 10.5 Å². The van der Waals surface area contributed by atoms with E-state index >= 15 is 0 Å². The smallest absolute Gasteiger partial charge is 0.215 e. The van der Waals surface area contributed by atoms with E-state index in [1.54, 1.807) is 13.2 Å². The molecule has 0 atom stereocenters. The third-order valence-corrected chi connectivity index (χ3v) is 3.47. The lowest BCUT2D eigenvalue weighted by molar-refractivity contribution is 0.399. The molecule has 0 aliphatic rings. The minimum absolute atomic E-state index is 0.434. The first kappa shape index (κ1) is 12.5. The van der Waals surface area contributed by atoms with Crippen LogP contribution in [-0.2, 0) is 13.6 Å². The van der Waals surface area contributed by atoms with Crippen molar-refractivity contribution in [2.45, 2.75) is 13.5 Å². The predicted molar refractivity (Wildman–Crippen MR) is 75.5 cm³/mol. The number of rotatable bonds is 3. The van der Waals surface area contributed by atoms with Crippen molar-refractivity contribution in [2.24, 2.45) is 7.05 Å². The second-order valence-corrected chi connectivity index (χ2v) is 4.63. The first-order chi connectivity index (χ1) is 9.60.